The largest absolute Gasteiger partial charge is 0.348 e. The average Bonchev–Trinajstić information content (AvgIpc) is 3.12. The van der Waals surface area contributed by atoms with Gasteiger partial charge in [-0.2, -0.15) is 5.10 Å². The number of hydrogen-bond acceptors (Lipinski definition) is 3. The molecule has 0 radical (unpaired) electrons. The Morgan fingerprint density at radius 2 is 1.92 bits per heavy atom. The molecule has 0 unspecified atom stereocenters. The SMILES string of the molecule is C[C@H](CCc1ccccc1)NC(=O)c1cc(-c2ccccn2)n[nH]1. The lowest BCUT2D eigenvalue weighted by Crippen LogP contribution is -2.33. The lowest BCUT2D eigenvalue weighted by atomic mass is 10.1. The molecule has 0 saturated heterocycles. The molecule has 0 aliphatic rings. The van der Waals surface area contributed by atoms with Crippen molar-refractivity contribution >= 4 is 5.91 Å². The van der Waals surface area contributed by atoms with E-state index < -0.39 is 0 Å². The fourth-order valence-corrected chi connectivity index (χ4v) is 2.49. The maximum absolute atomic E-state index is 12.3. The molecule has 5 heteroatoms. The van der Waals surface area contributed by atoms with Crippen LogP contribution in [0.15, 0.2) is 60.8 Å². The van der Waals surface area contributed by atoms with Gasteiger partial charge in [0.25, 0.3) is 5.91 Å². The van der Waals surface area contributed by atoms with Crippen molar-refractivity contribution < 1.29 is 4.79 Å². The van der Waals surface area contributed by atoms with Crippen LogP contribution in [0.1, 0.15) is 29.4 Å². The Kier molecular flexibility index (Phi) is 5.01. The molecule has 3 rings (SSSR count). The summed E-state index contributed by atoms with van der Waals surface area (Å²) < 4.78 is 0. The minimum Gasteiger partial charge on any atom is -0.348 e. The van der Waals surface area contributed by atoms with E-state index in [1.807, 2.05) is 43.3 Å². The standard InChI is InChI=1S/C19H20N4O/c1-14(10-11-15-7-3-2-4-8-15)21-19(24)18-13-17(22-23-18)16-9-5-6-12-20-16/h2-9,12-14H,10-11H2,1H3,(H,21,24)(H,22,23)/t14-/m1/s1. The molecule has 1 atom stereocenters. The van der Waals surface area contributed by atoms with Crippen LogP contribution in [0.4, 0.5) is 0 Å². The lowest BCUT2D eigenvalue weighted by Gasteiger charge is -2.13. The Morgan fingerprint density at radius 3 is 2.67 bits per heavy atom. The molecule has 1 amide bonds. The summed E-state index contributed by atoms with van der Waals surface area (Å²) >= 11 is 0. The van der Waals surface area contributed by atoms with E-state index in [4.69, 9.17) is 0 Å². The van der Waals surface area contributed by atoms with Crippen molar-refractivity contribution in [1.82, 2.24) is 20.5 Å². The normalized spacial score (nSPS) is 11.9. The number of carbonyl (C=O) groups is 1. The minimum atomic E-state index is -0.148. The van der Waals surface area contributed by atoms with E-state index >= 15 is 0 Å². The summed E-state index contributed by atoms with van der Waals surface area (Å²) in [6.07, 6.45) is 3.52. The summed E-state index contributed by atoms with van der Waals surface area (Å²) in [4.78, 5) is 16.5. The third-order valence-electron chi connectivity index (χ3n) is 3.84. The highest BCUT2D eigenvalue weighted by molar-refractivity contribution is 5.93. The van der Waals surface area contributed by atoms with Crippen molar-refractivity contribution in [2.45, 2.75) is 25.8 Å². The van der Waals surface area contributed by atoms with Crippen LogP contribution in [0.5, 0.6) is 0 Å². The van der Waals surface area contributed by atoms with Crippen LogP contribution in [-0.4, -0.2) is 27.1 Å². The van der Waals surface area contributed by atoms with Gasteiger partial charge in [-0.25, -0.2) is 0 Å². The van der Waals surface area contributed by atoms with E-state index in [2.05, 4.69) is 32.6 Å². The summed E-state index contributed by atoms with van der Waals surface area (Å²) in [6.45, 7) is 2.01. The molecule has 2 aromatic heterocycles. The summed E-state index contributed by atoms with van der Waals surface area (Å²) in [6, 6.07) is 17.7. The molecule has 0 fully saturated rings. The molecular formula is C19H20N4O. The first kappa shape index (κ1) is 15.9. The summed E-state index contributed by atoms with van der Waals surface area (Å²) in [7, 11) is 0. The van der Waals surface area contributed by atoms with Gasteiger partial charge in [0.15, 0.2) is 0 Å². The summed E-state index contributed by atoms with van der Waals surface area (Å²) in [5.74, 6) is -0.148. The van der Waals surface area contributed by atoms with E-state index in [0.717, 1.165) is 18.5 Å². The maximum Gasteiger partial charge on any atom is 0.269 e. The van der Waals surface area contributed by atoms with Gasteiger partial charge < -0.3 is 5.32 Å². The predicted molar refractivity (Wildman–Crippen MR) is 93.5 cm³/mol. The first-order chi connectivity index (χ1) is 11.7. The molecular weight excluding hydrogens is 300 g/mol. The number of nitrogens with one attached hydrogen (secondary N) is 2. The molecule has 3 aromatic rings. The quantitative estimate of drug-likeness (QED) is 0.732. The second-order valence-electron chi connectivity index (χ2n) is 5.78. The molecule has 0 aliphatic carbocycles. The number of rotatable bonds is 6. The van der Waals surface area contributed by atoms with E-state index in [1.54, 1.807) is 12.3 Å². The first-order valence-corrected chi connectivity index (χ1v) is 8.04. The average molecular weight is 320 g/mol. The Morgan fingerprint density at radius 1 is 1.12 bits per heavy atom. The van der Waals surface area contributed by atoms with Crippen molar-refractivity contribution in [3.05, 3.63) is 72.1 Å². The van der Waals surface area contributed by atoms with Gasteiger partial charge in [0.1, 0.15) is 11.4 Å². The number of hydrogen-bond donors (Lipinski definition) is 2. The van der Waals surface area contributed by atoms with Crippen LogP contribution in [0.3, 0.4) is 0 Å². The van der Waals surface area contributed by atoms with Gasteiger partial charge in [0.05, 0.1) is 5.69 Å². The van der Waals surface area contributed by atoms with Gasteiger partial charge in [-0.15, -0.1) is 0 Å². The predicted octanol–water partition coefficient (Wildman–Crippen LogP) is 3.22. The number of carbonyl (C=O) groups excluding carboxylic acids is 1. The highest BCUT2D eigenvalue weighted by Gasteiger charge is 2.14. The summed E-state index contributed by atoms with van der Waals surface area (Å²) in [5.41, 5.74) is 3.13. The van der Waals surface area contributed by atoms with Crippen LogP contribution < -0.4 is 5.32 Å². The number of H-pyrrole nitrogens is 1. The summed E-state index contributed by atoms with van der Waals surface area (Å²) in [5, 5.41) is 9.94. The van der Waals surface area contributed by atoms with E-state index in [1.165, 1.54) is 5.56 Å². The van der Waals surface area contributed by atoms with Gasteiger partial charge >= 0.3 is 0 Å². The van der Waals surface area contributed by atoms with E-state index in [-0.39, 0.29) is 11.9 Å². The van der Waals surface area contributed by atoms with Gasteiger partial charge in [-0.1, -0.05) is 36.4 Å². The highest BCUT2D eigenvalue weighted by Crippen LogP contribution is 2.14. The molecule has 5 nitrogen and oxygen atoms in total. The zero-order chi connectivity index (χ0) is 16.8. The van der Waals surface area contributed by atoms with Gasteiger partial charge in [-0.05, 0) is 43.5 Å². The Balaban J connectivity index is 1.56. The van der Waals surface area contributed by atoms with Crippen LogP contribution in [0.2, 0.25) is 0 Å². The number of aromatic nitrogens is 3. The fraction of sp³-hybridized carbons (Fsp3) is 0.211. The van der Waals surface area contributed by atoms with Gasteiger partial charge in [0.2, 0.25) is 0 Å². The second kappa shape index (κ2) is 7.55. The van der Waals surface area contributed by atoms with Crippen LogP contribution in [0.25, 0.3) is 11.4 Å². The second-order valence-corrected chi connectivity index (χ2v) is 5.78. The maximum atomic E-state index is 12.3. The van der Waals surface area contributed by atoms with Crippen LogP contribution >= 0.6 is 0 Å². The Labute approximate surface area is 141 Å². The lowest BCUT2D eigenvalue weighted by molar-refractivity contribution is 0.0933. The molecule has 122 valence electrons. The number of benzene rings is 1. The molecule has 2 N–H and O–H groups in total. The third kappa shape index (κ3) is 4.07. The van der Waals surface area contributed by atoms with Crippen molar-refractivity contribution in [2.75, 3.05) is 0 Å². The van der Waals surface area contributed by atoms with Crippen LogP contribution in [-0.2, 0) is 6.42 Å². The third-order valence-corrected chi connectivity index (χ3v) is 3.84. The number of aromatic amines is 1. The van der Waals surface area contributed by atoms with E-state index in [9.17, 15) is 4.79 Å². The molecule has 0 aliphatic heterocycles. The monoisotopic (exact) mass is 320 g/mol. The number of aryl methyl sites for hydroxylation is 1. The number of pyridine rings is 1. The van der Waals surface area contributed by atoms with Crippen molar-refractivity contribution in [3.63, 3.8) is 0 Å². The smallest absolute Gasteiger partial charge is 0.269 e. The highest BCUT2D eigenvalue weighted by atomic mass is 16.2. The number of nitrogens with zero attached hydrogens (tertiary/aromatic N) is 2. The molecule has 0 saturated carbocycles. The van der Waals surface area contributed by atoms with Gasteiger partial charge in [-0.3, -0.25) is 14.9 Å². The van der Waals surface area contributed by atoms with Crippen molar-refractivity contribution in [1.29, 1.82) is 0 Å². The molecule has 0 bridgehead atoms. The van der Waals surface area contributed by atoms with E-state index in [0.29, 0.717) is 11.4 Å². The van der Waals surface area contributed by atoms with Crippen molar-refractivity contribution in [2.24, 2.45) is 0 Å². The molecule has 0 spiro atoms. The molecule has 24 heavy (non-hydrogen) atoms. The zero-order valence-corrected chi connectivity index (χ0v) is 13.6. The molecule has 2 heterocycles. The fourth-order valence-electron chi connectivity index (χ4n) is 2.49. The Bertz CT molecular complexity index is 783. The van der Waals surface area contributed by atoms with Crippen molar-refractivity contribution in [3.8, 4) is 11.4 Å². The van der Waals surface area contributed by atoms with Gasteiger partial charge in [0, 0.05) is 12.2 Å². The zero-order valence-electron chi connectivity index (χ0n) is 13.6. The Hall–Kier alpha value is -2.95. The topological polar surface area (TPSA) is 70.7 Å². The first-order valence-electron chi connectivity index (χ1n) is 8.04. The minimum absolute atomic E-state index is 0.0827. The molecule has 1 aromatic carbocycles. The van der Waals surface area contributed by atoms with Crippen LogP contribution in [0, 0.1) is 0 Å². The number of amides is 1.